The summed E-state index contributed by atoms with van der Waals surface area (Å²) in [7, 11) is 0. The molecular weight excluding hydrogens is 422 g/mol. The zero-order valence-electron chi connectivity index (χ0n) is 16.4. The number of rotatable bonds is 4. The van der Waals surface area contributed by atoms with Crippen LogP contribution < -0.4 is 25.4 Å². The number of nitro groups is 1. The average Bonchev–Trinajstić information content (AvgIpc) is 3.23. The first-order chi connectivity index (χ1) is 15.1. The lowest BCUT2D eigenvalue weighted by atomic mass is 10.1. The predicted octanol–water partition coefficient (Wildman–Crippen LogP) is 1.61. The fourth-order valence-corrected chi connectivity index (χ4v) is 4.31. The van der Waals surface area contributed by atoms with Crippen molar-refractivity contribution in [1.29, 1.82) is 0 Å². The van der Waals surface area contributed by atoms with Crippen molar-refractivity contribution in [2.24, 2.45) is 10.1 Å². The molecule has 0 aliphatic carbocycles. The van der Waals surface area contributed by atoms with Gasteiger partial charge in [-0.3, -0.25) is 25.2 Å². The highest BCUT2D eigenvalue weighted by atomic mass is 32.2. The molecule has 1 atom stereocenters. The largest absolute Gasteiger partial charge is 0.454 e. The number of thioether (sulfide) groups is 1. The summed E-state index contributed by atoms with van der Waals surface area (Å²) in [5.74, 6) is 1.13. The standard InChI is InChI=1S/C20H17N5O5S/c1-2-7-31-20-22-19(26)17-11-5-3-4-6-13(11)21-18(24(17)23-20)12-8-15-16(30-10-29-15)9-14(12)25(27)28/h3-6,8-9,18H,2,7,10H2,1H3,(H,22,23,26). The minimum atomic E-state index is -0.914. The fraction of sp³-hybridized carbons (Fsp3) is 0.250. The highest BCUT2D eigenvalue weighted by Gasteiger charge is 2.38. The van der Waals surface area contributed by atoms with Crippen LogP contribution in [0.4, 0.5) is 5.69 Å². The number of carbonyl (C=O) groups excluding carboxylic acids is 1. The number of amidine groups is 1. The normalized spacial score (nSPS) is 18.5. The number of hydrazone groups is 1. The van der Waals surface area contributed by atoms with Crippen molar-refractivity contribution in [3.05, 3.63) is 62.7 Å². The maximum absolute atomic E-state index is 13.0. The van der Waals surface area contributed by atoms with Gasteiger partial charge in [0.25, 0.3) is 11.6 Å². The summed E-state index contributed by atoms with van der Waals surface area (Å²) in [5, 5.41) is 22.3. The van der Waals surface area contributed by atoms with E-state index in [2.05, 4.69) is 10.4 Å². The Labute approximate surface area is 180 Å². The molecule has 10 nitrogen and oxygen atoms in total. The molecule has 0 radical (unpaired) electrons. The van der Waals surface area contributed by atoms with E-state index in [0.717, 1.165) is 12.2 Å². The van der Waals surface area contributed by atoms with E-state index in [0.29, 0.717) is 32.9 Å². The van der Waals surface area contributed by atoms with Crippen LogP contribution >= 0.6 is 11.8 Å². The van der Waals surface area contributed by atoms with E-state index in [9.17, 15) is 14.9 Å². The van der Waals surface area contributed by atoms with E-state index < -0.39 is 11.1 Å². The van der Waals surface area contributed by atoms with Gasteiger partial charge in [-0.05, 0) is 18.6 Å². The van der Waals surface area contributed by atoms with E-state index in [1.54, 1.807) is 30.3 Å². The maximum Gasteiger partial charge on any atom is 0.280 e. The Hall–Kier alpha value is -3.60. The molecule has 2 aromatic carbocycles. The van der Waals surface area contributed by atoms with Crippen LogP contribution in [0, 0.1) is 10.1 Å². The molecule has 5 rings (SSSR count). The lowest BCUT2D eigenvalue weighted by Crippen LogP contribution is -2.50. The topological polar surface area (TPSA) is 119 Å². The van der Waals surface area contributed by atoms with Crippen molar-refractivity contribution in [3.63, 3.8) is 0 Å². The molecule has 2 aromatic rings. The van der Waals surface area contributed by atoms with Gasteiger partial charge in [-0.2, -0.15) is 0 Å². The summed E-state index contributed by atoms with van der Waals surface area (Å²) in [6.07, 6.45) is -0.0106. The van der Waals surface area contributed by atoms with Gasteiger partial charge in [0, 0.05) is 11.0 Å². The quantitative estimate of drug-likeness (QED) is 0.568. The Balaban J connectivity index is 1.74. The zero-order chi connectivity index (χ0) is 21.5. The molecule has 0 saturated carbocycles. The maximum atomic E-state index is 13.0. The van der Waals surface area contributed by atoms with Crippen molar-refractivity contribution in [3.8, 4) is 11.5 Å². The van der Waals surface area contributed by atoms with Crippen molar-refractivity contribution in [2.75, 3.05) is 12.5 Å². The molecule has 0 fully saturated rings. The molecule has 1 N–H and O–H groups in total. The zero-order valence-corrected chi connectivity index (χ0v) is 17.2. The van der Waals surface area contributed by atoms with E-state index in [-0.39, 0.29) is 24.0 Å². The molecule has 1 unspecified atom stereocenters. The number of fused-ring (bicyclic) bond motifs is 3. The summed E-state index contributed by atoms with van der Waals surface area (Å²) in [6, 6.07) is 10.0. The molecule has 31 heavy (non-hydrogen) atoms. The molecule has 158 valence electrons. The van der Waals surface area contributed by atoms with Crippen LogP contribution in [0.3, 0.4) is 0 Å². The van der Waals surface area contributed by atoms with Gasteiger partial charge in [0.15, 0.2) is 22.8 Å². The molecule has 0 spiro atoms. The number of nitrogens with zero attached hydrogens (tertiary/aromatic N) is 4. The smallest absolute Gasteiger partial charge is 0.280 e. The van der Waals surface area contributed by atoms with Crippen molar-refractivity contribution < 1.29 is 19.2 Å². The number of para-hydroxylation sites is 1. The number of hydrogen-bond acceptors (Lipinski definition) is 9. The molecule has 0 aromatic heterocycles. The molecule has 11 heteroatoms. The second kappa shape index (κ2) is 7.58. The van der Waals surface area contributed by atoms with Gasteiger partial charge in [0.1, 0.15) is 5.70 Å². The Bertz CT molecular complexity index is 1260. The molecule has 0 saturated heterocycles. The monoisotopic (exact) mass is 439 g/mol. The van der Waals surface area contributed by atoms with Gasteiger partial charge in [-0.1, -0.05) is 36.9 Å². The summed E-state index contributed by atoms with van der Waals surface area (Å²) < 4.78 is 10.7. The van der Waals surface area contributed by atoms with Crippen molar-refractivity contribution >= 4 is 34.2 Å². The second-order valence-corrected chi connectivity index (χ2v) is 8.03. The Kier molecular flexibility index (Phi) is 4.74. The SMILES string of the molecule is CCCSC1=NN2C(=c3ccccc3=NC2c2cc3c(cc2[N+](=O)[O-])OCO3)C(=O)N1. The Morgan fingerprint density at radius 3 is 2.84 bits per heavy atom. The van der Waals surface area contributed by atoms with Crippen LogP contribution in [-0.4, -0.2) is 33.6 Å². The lowest BCUT2D eigenvalue weighted by Gasteiger charge is -2.33. The minimum Gasteiger partial charge on any atom is -0.454 e. The summed E-state index contributed by atoms with van der Waals surface area (Å²) in [6.45, 7) is 2.01. The molecule has 3 heterocycles. The van der Waals surface area contributed by atoms with E-state index in [1.165, 1.54) is 22.8 Å². The molecule has 0 bridgehead atoms. The summed E-state index contributed by atoms with van der Waals surface area (Å²) >= 11 is 1.41. The molecular formula is C20H17N5O5S. The summed E-state index contributed by atoms with van der Waals surface area (Å²) in [4.78, 5) is 29.1. The summed E-state index contributed by atoms with van der Waals surface area (Å²) in [5.41, 5.74) is 0.378. The number of carbonyl (C=O) groups is 1. The minimum absolute atomic E-state index is 0.0139. The van der Waals surface area contributed by atoms with E-state index >= 15 is 0 Å². The van der Waals surface area contributed by atoms with Gasteiger partial charge in [-0.25, -0.2) is 5.01 Å². The van der Waals surface area contributed by atoms with Crippen LogP contribution in [0.2, 0.25) is 0 Å². The number of nitrogens with one attached hydrogen (secondary N) is 1. The van der Waals surface area contributed by atoms with Gasteiger partial charge in [0.05, 0.1) is 21.9 Å². The van der Waals surface area contributed by atoms with E-state index in [4.69, 9.17) is 14.5 Å². The second-order valence-electron chi connectivity index (χ2n) is 6.94. The lowest BCUT2D eigenvalue weighted by molar-refractivity contribution is -0.386. The number of ether oxygens (including phenoxy) is 2. The van der Waals surface area contributed by atoms with Crippen LogP contribution in [0.1, 0.15) is 25.1 Å². The molecule has 3 aliphatic heterocycles. The van der Waals surface area contributed by atoms with Crippen molar-refractivity contribution in [2.45, 2.75) is 19.5 Å². The van der Waals surface area contributed by atoms with Crippen molar-refractivity contribution in [1.82, 2.24) is 10.3 Å². The predicted molar refractivity (Wildman–Crippen MR) is 113 cm³/mol. The number of hydrogen-bond donors (Lipinski definition) is 1. The third-order valence-corrected chi connectivity index (χ3v) is 6.02. The number of nitro benzene ring substituents is 1. The van der Waals surface area contributed by atoms with Gasteiger partial charge >= 0.3 is 0 Å². The van der Waals surface area contributed by atoms with E-state index in [1.807, 2.05) is 6.92 Å². The molecule has 3 aliphatic rings. The van der Waals surface area contributed by atoms with Gasteiger partial charge in [-0.15, -0.1) is 5.10 Å². The molecule has 1 amide bonds. The first-order valence-electron chi connectivity index (χ1n) is 9.64. The van der Waals surface area contributed by atoms with Gasteiger partial charge < -0.3 is 9.47 Å². The first-order valence-corrected chi connectivity index (χ1v) is 10.6. The van der Waals surface area contributed by atoms with Crippen LogP contribution in [0.5, 0.6) is 11.5 Å². The Morgan fingerprint density at radius 1 is 1.29 bits per heavy atom. The van der Waals surface area contributed by atoms with Crippen LogP contribution in [0.25, 0.3) is 5.70 Å². The van der Waals surface area contributed by atoms with Crippen LogP contribution in [0.15, 0.2) is 46.5 Å². The van der Waals surface area contributed by atoms with Gasteiger partial charge in [0.2, 0.25) is 6.79 Å². The van der Waals surface area contributed by atoms with Crippen LogP contribution in [-0.2, 0) is 4.79 Å². The number of amides is 1. The fourth-order valence-electron chi connectivity index (χ4n) is 3.61. The number of benzene rings is 2. The highest BCUT2D eigenvalue weighted by molar-refractivity contribution is 8.13. The first kappa shape index (κ1) is 19.4. The Morgan fingerprint density at radius 2 is 2.06 bits per heavy atom. The third kappa shape index (κ3) is 3.26. The third-order valence-electron chi connectivity index (χ3n) is 4.96. The highest BCUT2D eigenvalue weighted by Crippen LogP contribution is 2.43. The average molecular weight is 439 g/mol.